The van der Waals surface area contributed by atoms with Gasteiger partial charge in [0.1, 0.15) is 6.07 Å². The molecule has 0 amide bonds. The van der Waals surface area contributed by atoms with Crippen LogP contribution in [0.5, 0.6) is 0 Å². The molecule has 0 atom stereocenters. The van der Waals surface area contributed by atoms with Crippen LogP contribution in [-0.2, 0) is 6.18 Å². The molecule has 0 aliphatic rings. The van der Waals surface area contributed by atoms with Crippen LogP contribution in [0.1, 0.15) is 16.7 Å². The summed E-state index contributed by atoms with van der Waals surface area (Å²) in [5.41, 5.74) is -1.01. The van der Waals surface area contributed by atoms with Crippen molar-refractivity contribution in [3.8, 4) is 6.07 Å². The van der Waals surface area contributed by atoms with Crippen LogP contribution in [0.25, 0.3) is 0 Å². The fourth-order valence-corrected chi connectivity index (χ4v) is 1.27. The van der Waals surface area contributed by atoms with Gasteiger partial charge in [-0.2, -0.15) is 18.4 Å². The van der Waals surface area contributed by atoms with E-state index in [4.69, 9.17) is 5.26 Å². The SMILES string of the molecule is Cc1c(S)ccc(C(F)(F)F)c1C#N. The molecule has 5 heteroatoms. The zero-order valence-electron chi connectivity index (χ0n) is 7.18. The molecule has 0 aromatic heterocycles. The highest BCUT2D eigenvalue weighted by Crippen LogP contribution is 2.34. The van der Waals surface area contributed by atoms with Crippen molar-refractivity contribution in [1.29, 1.82) is 5.26 Å². The summed E-state index contributed by atoms with van der Waals surface area (Å²) in [6, 6.07) is 3.65. The van der Waals surface area contributed by atoms with Crippen LogP contribution in [0.15, 0.2) is 17.0 Å². The van der Waals surface area contributed by atoms with Crippen molar-refractivity contribution in [3.05, 3.63) is 28.8 Å². The number of hydrogen-bond acceptors (Lipinski definition) is 2. The lowest BCUT2D eigenvalue weighted by atomic mass is 10.0. The van der Waals surface area contributed by atoms with Gasteiger partial charge in [0.05, 0.1) is 11.1 Å². The van der Waals surface area contributed by atoms with Gasteiger partial charge in [-0.3, -0.25) is 0 Å². The van der Waals surface area contributed by atoms with Gasteiger partial charge in [-0.25, -0.2) is 0 Å². The lowest BCUT2D eigenvalue weighted by Crippen LogP contribution is -2.09. The van der Waals surface area contributed by atoms with Gasteiger partial charge in [-0.15, -0.1) is 12.6 Å². The summed E-state index contributed by atoms with van der Waals surface area (Å²) in [4.78, 5) is 0.384. The van der Waals surface area contributed by atoms with Crippen LogP contribution in [0.3, 0.4) is 0 Å². The second kappa shape index (κ2) is 3.54. The van der Waals surface area contributed by atoms with Crippen LogP contribution < -0.4 is 0 Å². The van der Waals surface area contributed by atoms with Gasteiger partial charge in [-0.05, 0) is 24.6 Å². The van der Waals surface area contributed by atoms with Crippen molar-refractivity contribution in [2.24, 2.45) is 0 Å². The van der Waals surface area contributed by atoms with Crippen LogP contribution >= 0.6 is 12.6 Å². The van der Waals surface area contributed by atoms with Crippen LogP contribution in [0.2, 0.25) is 0 Å². The van der Waals surface area contributed by atoms with E-state index in [-0.39, 0.29) is 11.1 Å². The lowest BCUT2D eigenvalue weighted by Gasteiger charge is -2.11. The highest BCUT2D eigenvalue weighted by atomic mass is 32.1. The Morgan fingerprint density at radius 2 is 1.93 bits per heavy atom. The average Bonchev–Trinajstić information content (AvgIpc) is 2.07. The van der Waals surface area contributed by atoms with Gasteiger partial charge < -0.3 is 0 Å². The predicted molar refractivity (Wildman–Crippen MR) is 48.1 cm³/mol. The minimum absolute atomic E-state index is 0.255. The smallest absolute Gasteiger partial charge is 0.192 e. The number of hydrogen-bond donors (Lipinski definition) is 1. The third-order valence-corrected chi connectivity index (χ3v) is 2.34. The number of benzene rings is 1. The summed E-state index contributed by atoms with van der Waals surface area (Å²) in [5.74, 6) is 0. The van der Waals surface area contributed by atoms with E-state index >= 15 is 0 Å². The second-order valence-corrected chi connectivity index (χ2v) is 3.22. The van der Waals surface area contributed by atoms with Gasteiger partial charge in [0.25, 0.3) is 0 Å². The van der Waals surface area contributed by atoms with Crippen molar-refractivity contribution in [3.63, 3.8) is 0 Å². The predicted octanol–water partition coefficient (Wildman–Crippen LogP) is 3.17. The first kappa shape index (κ1) is 10.9. The number of nitrogens with zero attached hydrogens (tertiary/aromatic N) is 1. The Morgan fingerprint density at radius 1 is 1.36 bits per heavy atom. The van der Waals surface area contributed by atoms with Crippen molar-refractivity contribution >= 4 is 12.6 Å². The Bertz CT molecular complexity index is 404. The molecular weight excluding hydrogens is 211 g/mol. The number of thiol groups is 1. The molecule has 0 heterocycles. The van der Waals surface area contributed by atoms with Gasteiger partial charge >= 0.3 is 6.18 Å². The molecule has 0 N–H and O–H groups in total. The first-order valence-corrected chi connectivity index (χ1v) is 4.12. The molecule has 0 saturated carbocycles. The Kier molecular flexibility index (Phi) is 2.76. The van der Waals surface area contributed by atoms with Gasteiger partial charge in [0.15, 0.2) is 0 Å². The topological polar surface area (TPSA) is 23.8 Å². The summed E-state index contributed by atoms with van der Waals surface area (Å²) < 4.78 is 37.1. The van der Waals surface area contributed by atoms with Crippen LogP contribution in [0, 0.1) is 18.3 Å². The molecule has 0 unspecified atom stereocenters. The number of alkyl halides is 3. The Hall–Kier alpha value is -1.15. The molecule has 14 heavy (non-hydrogen) atoms. The van der Waals surface area contributed by atoms with E-state index in [1.807, 2.05) is 0 Å². The molecule has 0 radical (unpaired) electrons. The van der Waals surface area contributed by atoms with Gasteiger partial charge in [0.2, 0.25) is 0 Å². The third-order valence-electron chi connectivity index (χ3n) is 1.85. The average molecular weight is 217 g/mol. The molecular formula is C9H6F3NS. The lowest BCUT2D eigenvalue weighted by molar-refractivity contribution is -0.137. The van der Waals surface area contributed by atoms with Crippen molar-refractivity contribution in [2.75, 3.05) is 0 Å². The molecule has 0 bridgehead atoms. The van der Waals surface area contributed by atoms with E-state index in [0.717, 1.165) is 6.07 Å². The Balaban J connectivity index is 3.49. The maximum absolute atomic E-state index is 12.4. The number of halogens is 3. The highest BCUT2D eigenvalue weighted by Gasteiger charge is 2.34. The van der Waals surface area contributed by atoms with E-state index in [2.05, 4.69) is 12.6 Å². The zero-order chi connectivity index (χ0) is 10.9. The molecule has 0 saturated heterocycles. The molecule has 0 spiro atoms. The molecule has 0 aliphatic heterocycles. The van der Waals surface area contributed by atoms with Crippen LogP contribution in [-0.4, -0.2) is 0 Å². The third kappa shape index (κ3) is 1.85. The summed E-state index contributed by atoms with van der Waals surface area (Å²) in [5, 5.41) is 8.60. The van der Waals surface area contributed by atoms with E-state index in [9.17, 15) is 13.2 Å². The van der Waals surface area contributed by atoms with E-state index in [0.29, 0.717) is 4.90 Å². The maximum atomic E-state index is 12.4. The second-order valence-electron chi connectivity index (χ2n) is 2.74. The molecule has 1 aromatic carbocycles. The summed E-state index contributed by atoms with van der Waals surface area (Å²) >= 11 is 3.95. The number of rotatable bonds is 0. The first-order valence-electron chi connectivity index (χ1n) is 3.67. The number of nitriles is 1. The molecule has 1 rings (SSSR count). The highest BCUT2D eigenvalue weighted by molar-refractivity contribution is 7.80. The summed E-state index contributed by atoms with van der Waals surface area (Å²) in [7, 11) is 0. The van der Waals surface area contributed by atoms with Gasteiger partial charge in [-0.1, -0.05) is 0 Å². The normalized spacial score (nSPS) is 11.1. The van der Waals surface area contributed by atoms with E-state index < -0.39 is 11.7 Å². The summed E-state index contributed by atoms with van der Waals surface area (Å²) in [6.45, 7) is 1.44. The maximum Gasteiger partial charge on any atom is 0.417 e. The quantitative estimate of drug-likeness (QED) is 0.663. The standard InChI is InChI=1S/C9H6F3NS/c1-5-6(4-13)7(9(10,11)12)2-3-8(5)14/h2-3,14H,1H3. The fraction of sp³-hybridized carbons (Fsp3) is 0.222. The van der Waals surface area contributed by atoms with E-state index in [1.165, 1.54) is 13.0 Å². The van der Waals surface area contributed by atoms with Crippen molar-refractivity contribution < 1.29 is 13.2 Å². The van der Waals surface area contributed by atoms with Crippen LogP contribution in [0.4, 0.5) is 13.2 Å². The Morgan fingerprint density at radius 3 is 2.36 bits per heavy atom. The van der Waals surface area contributed by atoms with Gasteiger partial charge in [0, 0.05) is 4.90 Å². The summed E-state index contributed by atoms with van der Waals surface area (Å²) in [6.07, 6.45) is -4.49. The largest absolute Gasteiger partial charge is 0.417 e. The minimum atomic E-state index is -4.49. The minimum Gasteiger partial charge on any atom is -0.192 e. The van der Waals surface area contributed by atoms with E-state index in [1.54, 1.807) is 6.07 Å². The fourth-order valence-electron chi connectivity index (χ4n) is 1.08. The van der Waals surface area contributed by atoms with Crippen molar-refractivity contribution in [2.45, 2.75) is 18.0 Å². The zero-order valence-corrected chi connectivity index (χ0v) is 8.08. The molecule has 74 valence electrons. The molecule has 0 aliphatic carbocycles. The molecule has 0 fully saturated rings. The van der Waals surface area contributed by atoms with Crippen molar-refractivity contribution in [1.82, 2.24) is 0 Å². The molecule has 1 nitrogen and oxygen atoms in total. The monoisotopic (exact) mass is 217 g/mol. The Labute approximate surface area is 84.6 Å². The molecule has 1 aromatic rings. The first-order chi connectivity index (χ1) is 6.38.